The highest BCUT2D eigenvalue weighted by atomic mass is 35.5. The van der Waals surface area contributed by atoms with Crippen LogP contribution < -0.4 is 18.9 Å². The molecule has 3 heterocycles. The van der Waals surface area contributed by atoms with Gasteiger partial charge in [0.2, 0.25) is 18.9 Å². The molecule has 1 amide bonds. The van der Waals surface area contributed by atoms with Gasteiger partial charge in [0.05, 0.1) is 30.7 Å². The second-order valence-corrected chi connectivity index (χ2v) is 17.5. The van der Waals surface area contributed by atoms with Crippen molar-refractivity contribution in [2.75, 3.05) is 45.7 Å². The van der Waals surface area contributed by atoms with Gasteiger partial charge in [0, 0.05) is 49.6 Å². The Bertz CT molecular complexity index is 2190. The molecule has 0 radical (unpaired) electrons. The Morgan fingerprint density at radius 3 is 2.57 bits per heavy atom. The highest BCUT2D eigenvalue weighted by molar-refractivity contribution is 6.18. The van der Waals surface area contributed by atoms with Gasteiger partial charge in [-0.25, -0.2) is 4.79 Å². The van der Waals surface area contributed by atoms with Crippen LogP contribution in [0.15, 0.2) is 90.1 Å². The maximum absolute atomic E-state index is 14.7. The number of hydrogen-bond acceptors (Lipinski definition) is 13. The lowest BCUT2D eigenvalue weighted by atomic mass is 9.55. The van der Waals surface area contributed by atoms with Crippen LogP contribution in [-0.2, 0) is 25.6 Å². The number of hydrogen-bond donors (Lipinski definition) is 2. The van der Waals surface area contributed by atoms with Crippen molar-refractivity contribution in [1.82, 2.24) is 4.90 Å². The average Bonchev–Trinajstić information content (AvgIpc) is 3.81. The number of allylic oxidation sites excluding steroid dienone is 1. The van der Waals surface area contributed by atoms with Gasteiger partial charge in [-0.3, -0.25) is 9.69 Å². The van der Waals surface area contributed by atoms with Gasteiger partial charge in [0.15, 0.2) is 11.5 Å². The van der Waals surface area contributed by atoms with Crippen LogP contribution >= 0.6 is 11.6 Å². The first-order valence-corrected chi connectivity index (χ1v) is 23.4. The summed E-state index contributed by atoms with van der Waals surface area (Å²) in [6, 6.07) is 17.4. The summed E-state index contributed by atoms with van der Waals surface area (Å²) < 4.78 is 44.2. The van der Waals surface area contributed by atoms with Crippen LogP contribution in [0, 0.1) is 17.8 Å². The van der Waals surface area contributed by atoms with Gasteiger partial charge in [-0.1, -0.05) is 48.3 Å². The van der Waals surface area contributed by atoms with Crippen molar-refractivity contribution in [3.8, 4) is 28.7 Å². The molecule has 14 nitrogen and oxygen atoms in total. The fourth-order valence-electron chi connectivity index (χ4n) is 10.2. The van der Waals surface area contributed by atoms with Gasteiger partial charge in [0.1, 0.15) is 36.2 Å². The van der Waals surface area contributed by atoms with E-state index in [0.29, 0.717) is 65.9 Å². The Kier molecular flexibility index (Phi) is 15.6. The number of aldehydes is 1. The van der Waals surface area contributed by atoms with Gasteiger partial charge in [-0.15, -0.1) is 18.2 Å². The number of benzene rings is 3. The Morgan fingerprint density at radius 2 is 1.78 bits per heavy atom. The molecule has 1 saturated carbocycles. The number of unbranched alkanes of at least 4 members (excludes halogenated alkanes) is 2. The normalized spacial score (nSPS) is 25.6. The number of rotatable bonds is 21. The molecule has 3 aromatic rings. The maximum atomic E-state index is 14.7. The number of carbonyl (C=O) groups is 2. The van der Waals surface area contributed by atoms with Gasteiger partial charge in [-0.2, -0.15) is 0 Å². The van der Waals surface area contributed by atoms with E-state index in [1.807, 2.05) is 36.4 Å². The zero-order chi connectivity index (χ0) is 45.2. The molecular weight excluding hydrogens is 856 g/mol. The summed E-state index contributed by atoms with van der Waals surface area (Å²) in [6.07, 6.45) is 10.6. The lowest BCUT2D eigenvalue weighted by Crippen LogP contribution is -2.70. The number of aliphatic hydroxyl groups is 2. The average molecular weight is 915 g/mol. The van der Waals surface area contributed by atoms with Crippen LogP contribution in [0.2, 0.25) is 0 Å². The van der Waals surface area contributed by atoms with Crippen LogP contribution in [0.4, 0.5) is 4.79 Å². The molecule has 0 bridgehead atoms. The lowest BCUT2D eigenvalue weighted by Gasteiger charge is -2.59. The van der Waals surface area contributed by atoms with Gasteiger partial charge in [0.25, 0.3) is 0 Å². The molecule has 0 aromatic heterocycles. The number of halogens is 1. The number of nitrogens with zero attached hydrogens (tertiary/aromatic N) is 2. The van der Waals surface area contributed by atoms with Gasteiger partial charge < -0.3 is 48.2 Å². The molecular formula is C50H59ClN2O12. The van der Waals surface area contributed by atoms with Crippen molar-refractivity contribution in [2.24, 2.45) is 22.9 Å². The number of ether oxygens (including phenoxy) is 7. The van der Waals surface area contributed by atoms with Crippen molar-refractivity contribution in [1.29, 1.82) is 0 Å². The quantitative estimate of drug-likeness (QED) is 0.0343. The third kappa shape index (κ3) is 10.3. The van der Waals surface area contributed by atoms with Crippen molar-refractivity contribution in [3.05, 3.63) is 102 Å². The number of aliphatic hydroxyl groups excluding tert-OH is 2. The predicted octanol–water partition coefficient (Wildman–Crippen LogP) is 9.06. The number of fused-ring (bicyclic) bond motifs is 3. The fourth-order valence-corrected chi connectivity index (χ4v) is 10.2. The molecule has 8 rings (SSSR count). The topological polar surface area (TPSA) is 164 Å². The van der Waals surface area contributed by atoms with Crippen LogP contribution in [0.3, 0.4) is 0 Å². The third-order valence-corrected chi connectivity index (χ3v) is 13.2. The van der Waals surface area contributed by atoms with E-state index < -0.39 is 30.1 Å². The molecule has 3 aromatic carbocycles. The summed E-state index contributed by atoms with van der Waals surface area (Å²) in [5, 5.41) is 24.9. The number of carbonyl (C=O) groups excluding carboxylic acids is 2. The molecule has 65 heavy (non-hydrogen) atoms. The van der Waals surface area contributed by atoms with Crippen LogP contribution in [-0.4, -0.2) is 97.0 Å². The Hall–Kier alpha value is -5.12. The van der Waals surface area contributed by atoms with Crippen LogP contribution in [0.1, 0.15) is 91.6 Å². The molecule has 7 atom stereocenters. The van der Waals surface area contributed by atoms with E-state index in [1.165, 1.54) is 0 Å². The lowest BCUT2D eigenvalue weighted by molar-refractivity contribution is -0.256. The van der Waals surface area contributed by atoms with Crippen molar-refractivity contribution in [2.45, 2.75) is 94.8 Å². The summed E-state index contributed by atoms with van der Waals surface area (Å²) in [6.45, 7) is 4.96. The highest BCUT2D eigenvalue weighted by Gasteiger charge is 2.66. The molecule has 2 N–H and O–H groups in total. The monoisotopic (exact) mass is 914 g/mol. The fraction of sp³-hybridized carbons (Fsp3) is 0.500. The number of amides is 1. The molecule has 3 aliphatic heterocycles. The number of alkyl halides is 1. The van der Waals surface area contributed by atoms with Crippen molar-refractivity contribution in [3.63, 3.8) is 0 Å². The van der Waals surface area contributed by atoms with Crippen molar-refractivity contribution >= 4 is 29.7 Å². The molecule has 15 heteroatoms. The van der Waals surface area contributed by atoms with E-state index in [1.54, 1.807) is 35.2 Å². The number of oxime groups is 1. The molecule has 2 fully saturated rings. The van der Waals surface area contributed by atoms with Crippen LogP contribution in [0.5, 0.6) is 28.7 Å². The summed E-state index contributed by atoms with van der Waals surface area (Å²) in [7, 11) is 0. The first-order valence-electron chi connectivity index (χ1n) is 22.9. The summed E-state index contributed by atoms with van der Waals surface area (Å²) in [5.74, 6) is 0.433. The second kappa shape index (κ2) is 21.9. The SMILES string of the molecule is C=CCOC12Oc3ccc(Oc4cccc(C=O)c4)cc3C3C(CCCCO)C(CCCCO)C=C(C(=NOC4CCCCO4)CC1N(Cc1ccc4c(c1)OCO4)C(=O)OCCCl)C32. The molecule has 7 unspecified atom stereocenters. The summed E-state index contributed by atoms with van der Waals surface area (Å²) in [5.41, 5.74) is 3.63. The van der Waals surface area contributed by atoms with E-state index in [0.717, 1.165) is 61.5 Å². The minimum atomic E-state index is -1.54. The van der Waals surface area contributed by atoms with Crippen LogP contribution in [0.25, 0.3) is 0 Å². The molecule has 348 valence electrons. The maximum Gasteiger partial charge on any atom is 0.410 e. The summed E-state index contributed by atoms with van der Waals surface area (Å²) in [4.78, 5) is 34.3. The molecule has 2 aliphatic carbocycles. The van der Waals surface area contributed by atoms with Crippen molar-refractivity contribution < 1.29 is 57.8 Å². The minimum absolute atomic E-state index is 0.0134. The Balaban J connectivity index is 1.33. The van der Waals surface area contributed by atoms with Gasteiger partial charge >= 0.3 is 6.09 Å². The Morgan fingerprint density at radius 1 is 0.969 bits per heavy atom. The highest BCUT2D eigenvalue weighted by Crippen LogP contribution is 2.62. The zero-order valence-electron chi connectivity index (χ0n) is 36.7. The smallest absolute Gasteiger partial charge is 0.410 e. The Labute approximate surface area is 385 Å². The molecule has 1 saturated heterocycles. The van der Waals surface area contributed by atoms with E-state index >= 15 is 0 Å². The molecule has 0 spiro atoms. The first kappa shape index (κ1) is 46.4. The zero-order valence-corrected chi connectivity index (χ0v) is 37.4. The van der Waals surface area contributed by atoms with Gasteiger partial charge in [-0.05, 0) is 104 Å². The predicted molar refractivity (Wildman–Crippen MR) is 242 cm³/mol. The van der Waals surface area contributed by atoms with E-state index in [4.69, 9.17) is 54.8 Å². The minimum Gasteiger partial charge on any atom is -0.459 e. The standard InChI is InChI=1S/C50H59ClN2O12/c1-2-22-62-50-45(53(49(57)59-24-19-51)30-33-15-17-43-44(26-33)61-32-60-43)29-41(52-65-46-14-5-8-23-58-46)39-27-35(11-3-6-20-54)38(13-4-7-21-55)47(48(39)50)40-28-37(16-18-42(40)64-50)63-36-12-9-10-34(25-36)31-56/h2,9-10,12,15-18,25-28,31,35,38,45-48,54-55H,1,3-8,11,13-14,19-24,29-30,32H2. The third-order valence-electron chi connectivity index (χ3n) is 13.0. The molecule has 5 aliphatic rings. The first-order chi connectivity index (χ1) is 31.9. The second-order valence-electron chi connectivity index (χ2n) is 17.1. The summed E-state index contributed by atoms with van der Waals surface area (Å²) >= 11 is 6.14. The van der Waals surface area contributed by atoms with E-state index in [9.17, 15) is 19.8 Å². The van der Waals surface area contributed by atoms with E-state index in [2.05, 4.69) is 12.7 Å². The largest absolute Gasteiger partial charge is 0.459 e. The van der Waals surface area contributed by atoms with E-state index in [-0.39, 0.29) is 69.8 Å².